The van der Waals surface area contributed by atoms with Crippen LogP contribution in [0.3, 0.4) is 0 Å². The molecule has 0 bridgehead atoms. The first kappa shape index (κ1) is 21.7. The Morgan fingerprint density at radius 2 is 2.04 bits per heavy atom. The molecule has 0 aliphatic carbocycles. The summed E-state index contributed by atoms with van der Waals surface area (Å²) in [6.07, 6.45) is 0.956. The highest BCUT2D eigenvalue weighted by atomic mass is 32.2. The summed E-state index contributed by atoms with van der Waals surface area (Å²) in [5, 5.41) is 18.2. The molecule has 1 saturated heterocycles. The largest absolute Gasteiger partial charge is 0.493 e. The van der Waals surface area contributed by atoms with Crippen molar-refractivity contribution < 1.29 is 34.1 Å². The zero-order valence-electron chi connectivity index (χ0n) is 15.2. The lowest BCUT2D eigenvalue weighted by atomic mass is 10.1. The summed E-state index contributed by atoms with van der Waals surface area (Å²) in [7, 11) is 1.50. The normalized spacial score (nSPS) is 16.4. The molecule has 10 heteroatoms. The van der Waals surface area contributed by atoms with Crippen LogP contribution in [0.25, 0.3) is 6.08 Å². The molecular formula is C18H19NO7S2. The average molecular weight is 425 g/mol. The van der Waals surface area contributed by atoms with E-state index in [0.29, 0.717) is 23.7 Å². The fraction of sp³-hybridized carbons (Fsp3) is 0.333. The van der Waals surface area contributed by atoms with Crippen LogP contribution in [0.15, 0.2) is 23.1 Å². The number of aliphatic carboxylic acids is 2. The Hall–Kier alpha value is -2.59. The van der Waals surface area contributed by atoms with E-state index in [2.05, 4.69) is 0 Å². The monoisotopic (exact) mass is 425 g/mol. The lowest BCUT2D eigenvalue weighted by Crippen LogP contribution is -2.44. The Labute approximate surface area is 171 Å². The minimum absolute atomic E-state index is 0.0759. The molecule has 0 spiro atoms. The van der Waals surface area contributed by atoms with E-state index >= 15 is 0 Å². The first-order valence-electron chi connectivity index (χ1n) is 8.31. The van der Waals surface area contributed by atoms with Gasteiger partial charge < -0.3 is 19.7 Å². The third-order valence-electron chi connectivity index (χ3n) is 3.84. The smallest absolute Gasteiger partial charge is 0.326 e. The maximum Gasteiger partial charge on any atom is 0.326 e. The van der Waals surface area contributed by atoms with Gasteiger partial charge in [-0.15, -0.1) is 0 Å². The predicted molar refractivity (Wildman–Crippen MR) is 107 cm³/mol. The molecule has 0 radical (unpaired) electrons. The standard InChI is InChI=1S/C18H19NO7S2/c1-3-26-12-6-4-10(8-13(12)25-2)9-14-16(22)19(18(27)28-14)11(17(23)24)5-7-15(20)21/h4,6,8-9,11H,3,5,7H2,1-2H3,(H,20,21)(H,23,24)/b14-9-/t11-/m0/s1. The third-order valence-corrected chi connectivity index (χ3v) is 5.17. The van der Waals surface area contributed by atoms with E-state index in [1.165, 1.54) is 7.11 Å². The van der Waals surface area contributed by atoms with Crippen LogP contribution in [0.5, 0.6) is 11.5 Å². The van der Waals surface area contributed by atoms with Gasteiger partial charge in [0, 0.05) is 6.42 Å². The van der Waals surface area contributed by atoms with Gasteiger partial charge >= 0.3 is 11.9 Å². The molecule has 28 heavy (non-hydrogen) atoms. The number of ether oxygens (including phenoxy) is 2. The van der Waals surface area contributed by atoms with Gasteiger partial charge in [0.15, 0.2) is 11.5 Å². The van der Waals surface area contributed by atoms with Crippen molar-refractivity contribution in [3.63, 3.8) is 0 Å². The van der Waals surface area contributed by atoms with Crippen molar-refractivity contribution in [2.75, 3.05) is 13.7 Å². The van der Waals surface area contributed by atoms with Crippen LogP contribution >= 0.6 is 24.0 Å². The Morgan fingerprint density at radius 3 is 2.61 bits per heavy atom. The molecule has 8 nitrogen and oxygen atoms in total. The maximum absolute atomic E-state index is 12.7. The number of benzene rings is 1. The molecule has 1 aliphatic heterocycles. The molecule has 1 fully saturated rings. The third kappa shape index (κ3) is 5.02. The second-order valence-electron chi connectivity index (χ2n) is 5.68. The van der Waals surface area contributed by atoms with Gasteiger partial charge in [-0.2, -0.15) is 0 Å². The molecule has 1 amide bonds. The minimum Gasteiger partial charge on any atom is -0.493 e. The van der Waals surface area contributed by atoms with Crippen molar-refractivity contribution in [2.24, 2.45) is 0 Å². The summed E-state index contributed by atoms with van der Waals surface area (Å²) in [6, 6.07) is 3.81. The number of carboxylic acid groups (broad SMARTS) is 2. The van der Waals surface area contributed by atoms with E-state index in [9.17, 15) is 19.5 Å². The van der Waals surface area contributed by atoms with Crippen LogP contribution in [-0.2, 0) is 14.4 Å². The van der Waals surface area contributed by atoms with Gasteiger partial charge in [0.1, 0.15) is 10.4 Å². The number of carbonyl (C=O) groups is 3. The zero-order valence-corrected chi connectivity index (χ0v) is 16.8. The summed E-state index contributed by atoms with van der Waals surface area (Å²) >= 11 is 6.13. The van der Waals surface area contributed by atoms with Crippen molar-refractivity contribution in [3.8, 4) is 11.5 Å². The first-order valence-corrected chi connectivity index (χ1v) is 9.53. The van der Waals surface area contributed by atoms with Gasteiger partial charge in [-0.25, -0.2) is 4.79 Å². The molecule has 0 unspecified atom stereocenters. The van der Waals surface area contributed by atoms with E-state index in [4.69, 9.17) is 26.8 Å². The van der Waals surface area contributed by atoms with E-state index in [0.717, 1.165) is 16.7 Å². The van der Waals surface area contributed by atoms with E-state index in [1.54, 1.807) is 24.3 Å². The molecule has 1 aromatic carbocycles. The topological polar surface area (TPSA) is 113 Å². The van der Waals surface area contributed by atoms with Crippen molar-refractivity contribution in [1.29, 1.82) is 0 Å². The number of carbonyl (C=O) groups excluding carboxylic acids is 1. The summed E-state index contributed by atoms with van der Waals surface area (Å²) in [5.41, 5.74) is 0.651. The van der Waals surface area contributed by atoms with Gasteiger partial charge in [-0.3, -0.25) is 14.5 Å². The van der Waals surface area contributed by atoms with Gasteiger partial charge in [-0.1, -0.05) is 30.0 Å². The highest BCUT2D eigenvalue weighted by Crippen LogP contribution is 2.36. The molecule has 1 aliphatic rings. The molecule has 1 atom stereocenters. The Balaban J connectivity index is 2.28. The van der Waals surface area contributed by atoms with Gasteiger partial charge in [0.25, 0.3) is 5.91 Å². The Morgan fingerprint density at radius 1 is 1.32 bits per heavy atom. The van der Waals surface area contributed by atoms with Crippen LogP contribution in [0.2, 0.25) is 0 Å². The van der Waals surface area contributed by atoms with Gasteiger partial charge in [0.05, 0.1) is 18.6 Å². The van der Waals surface area contributed by atoms with Gasteiger partial charge in [-0.05, 0) is 37.1 Å². The number of thiocarbonyl (C=S) groups is 1. The number of carboxylic acids is 2. The van der Waals surface area contributed by atoms with Gasteiger partial charge in [0.2, 0.25) is 0 Å². The first-order chi connectivity index (χ1) is 13.3. The van der Waals surface area contributed by atoms with Crippen molar-refractivity contribution in [3.05, 3.63) is 28.7 Å². The number of amides is 1. The number of hydrogen-bond donors (Lipinski definition) is 2. The number of methoxy groups -OCH3 is 1. The van der Waals surface area contributed by atoms with Crippen molar-refractivity contribution >= 4 is 52.2 Å². The van der Waals surface area contributed by atoms with Crippen LogP contribution in [-0.4, -0.2) is 57.0 Å². The summed E-state index contributed by atoms with van der Waals surface area (Å²) < 4.78 is 10.8. The van der Waals surface area contributed by atoms with Crippen LogP contribution in [0, 0.1) is 0 Å². The molecule has 1 heterocycles. The van der Waals surface area contributed by atoms with E-state index in [-0.39, 0.29) is 22.1 Å². The summed E-state index contributed by atoms with van der Waals surface area (Å²) in [5.74, 6) is -1.96. The average Bonchev–Trinajstić information content (AvgIpc) is 2.90. The van der Waals surface area contributed by atoms with Crippen LogP contribution in [0.4, 0.5) is 0 Å². The molecule has 2 N–H and O–H groups in total. The molecule has 0 aromatic heterocycles. The van der Waals surface area contributed by atoms with Crippen molar-refractivity contribution in [2.45, 2.75) is 25.8 Å². The highest BCUT2D eigenvalue weighted by molar-refractivity contribution is 8.26. The van der Waals surface area contributed by atoms with Crippen molar-refractivity contribution in [1.82, 2.24) is 4.90 Å². The lowest BCUT2D eigenvalue weighted by molar-refractivity contribution is -0.146. The second kappa shape index (κ2) is 9.56. The molecule has 0 saturated carbocycles. The number of thioether (sulfide) groups is 1. The van der Waals surface area contributed by atoms with Crippen LogP contribution < -0.4 is 9.47 Å². The summed E-state index contributed by atoms with van der Waals surface area (Å²) in [4.78, 5) is 36.2. The number of rotatable bonds is 9. The minimum atomic E-state index is -1.33. The quantitative estimate of drug-likeness (QED) is 0.455. The lowest BCUT2D eigenvalue weighted by Gasteiger charge is -2.22. The SMILES string of the molecule is CCOc1ccc(/C=C2\SC(=S)N([C@@H](CCC(=O)O)C(=O)O)C2=O)cc1OC. The highest BCUT2D eigenvalue weighted by Gasteiger charge is 2.40. The Bertz CT molecular complexity index is 837. The molecular weight excluding hydrogens is 406 g/mol. The second-order valence-corrected chi connectivity index (χ2v) is 7.36. The fourth-order valence-electron chi connectivity index (χ4n) is 2.57. The molecule has 150 valence electrons. The number of nitrogens with zero attached hydrogens (tertiary/aromatic N) is 1. The van der Waals surface area contributed by atoms with E-state index in [1.807, 2.05) is 6.92 Å². The zero-order chi connectivity index (χ0) is 20.8. The number of hydrogen-bond acceptors (Lipinski definition) is 7. The predicted octanol–water partition coefficient (Wildman–Crippen LogP) is 2.61. The molecule has 1 aromatic rings. The van der Waals surface area contributed by atoms with E-state index < -0.39 is 23.9 Å². The fourth-order valence-corrected chi connectivity index (χ4v) is 3.93. The Kier molecular flexibility index (Phi) is 7.41. The van der Waals surface area contributed by atoms with Crippen LogP contribution in [0.1, 0.15) is 25.3 Å². The summed E-state index contributed by atoms with van der Waals surface area (Å²) in [6.45, 7) is 2.32. The maximum atomic E-state index is 12.7. The molecule has 2 rings (SSSR count).